The van der Waals surface area contributed by atoms with Crippen LogP contribution in [0.4, 0.5) is 0 Å². The van der Waals surface area contributed by atoms with Crippen LogP contribution in [0.15, 0.2) is 30.5 Å². The van der Waals surface area contributed by atoms with E-state index in [1.807, 2.05) is 37.4 Å². The van der Waals surface area contributed by atoms with Gasteiger partial charge in [-0.3, -0.25) is 0 Å². The summed E-state index contributed by atoms with van der Waals surface area (Å²) >= 11 is 0. The minimum absolute atomic E-state index is 0.683. The summed E-state index contributed by atoms with van der Waals surface area (Å²) in [5.74, 6) is 0. The molecule has 61 valence electrons. The summed E-state index contributed by atoms with van der Waals surface area (Å²) in [6.45, 7) is 2.66. The fourth-order valence-electron chi connectivity index (χ4n) is 1.25. The van der Waals surface area contributed by atoms with Crippen LogP contribution < -0.4 is 4.84 Å². The van der Waals surface area contributed by atoms with E-state index in [2.05, 4.69) is 6.07 Å². The first-order valence-electron chi connectivity index (χ1n) is 4.02. The van der Waals surface area contributed by atoms with Gasteiger partial charge in [-0.25, -0.2) is 0 Å². The quantitative estimate of drug-likeness (QED) is 0.654. The number of nitrogens with zero attached hydrogens (tertiary/aromatic N) is 1. The highest BCUT2D eigenvalue weighted by Crippen LogP contribution is 2.12. The molecule has 0 saturated heterocycles. The third-order valence-corrected chi connectivity index (χ3v) is 1.77. The lowest BCUT2D eigenvalue weighted by Gasteiger charge is -2.03. The highest BCUT2D eigenvalue weighted by molar-refractivity contribution is 5.79. The summed E-state index contributed by atoms with van der Waals surface area (Å²) < 4.78 is 1.78. The van der Waals surface area contributed by atoms with Gasteiger partial charge < -0.3 is 4.84 Å². The third-order valence-electron chi connectivity index (χ3n) is 1.77. The number of benzene rings is 1. The number of hydrogen-bond acceptors (Lipinski definition) is 1. The van der Waals surface area contributed by atoms with Crippen LogP contribution in [0.1, 0.15) is 6.92 Å². The van der Waals surface area contributed by atoms with Crippen molar-refractivity contribution in [2.45, 2.75) is 6.92 Å². The smallest absolute Gasteiger partial charge is 0.112 e. The first-order chi connectivity index (χ1) is 5.92. The van der Waals surface area contributed by atoms with Crippen molar-refractivity contribution < 1.29 is 4.84 Å². The molecule has 0 N–H and O–H groups in total. The van der Waals surface area contributed by atoms with Gasteiger partial charge in [-0.15, -0.1) is 0 Å². The van der Waals surface area contributed by atoms with Gasteiger partial charge in [-0.1, -0.05) is 6.07 Å². The average Bonchev–Trinajstić information content (AvgIpc) is 2.50. The Bertz CT molecular complexity index is 378. The second-order valence-corrected chi connectivity index (χ2v) is 2.54. The van der Waals surface area contributed by atoms with E-state index in [0.29, 0.717) is 6.61 Å². The number of rotatable bonds is 2. The predicted octanol–water partition coefficient (Wildman–Crippen LogP) is 1.89. The van der Waals surface area contributed by atoms with Crippen molar-refractivity contribution in [1.29, 1.82) is 0 Å². The Kier molecular flexibility index (Phi) is 1.74. The molecule has 2 rings (SSSR count). The summed E-state index contributed by atoms with van der Waals surface area (Å²) in [7, 11) is 0. The highest BCUT2D eigenvalue weighted by atomic mass is 16.7. The Labute approximate surface area is 71.3 Å². The van der Waals surface area contributed by atoms with Gasteiger partial charge in [0.25, 0.3) is 0 Å². The molecule has 1 heterocycles. The molecule has 1 aromatic heterocycles. The lowest BCUT2D eigenvalue weighted by atomic mass is 10.3. The van der Waals surface area contributed by atoms with Crippen LogP contribution in [0.5, 0.6) is 0 Å². The molecule has 1 radical (unpaired) electrons. The molecule has 0 aliphatic heterocycles. The maximum Gasteiger partial charge on any atom is 0.112 e. The first-order valence-corrected chi connectivity index (χ1v) is 4.02. The van der Waals surface area contributed by atoms with E-state index in [1.54, 1.807) is 4.73 Å². The molecule has 0 spiro atoms. The van der Waals surface area contributed by atoms with Gasteiger partial charge in [0.1, 0.15) is 6.61 Å². The SMILES string of the molecule is CCOn1ccc2c[c]ccc21. The van der Waals surface area contributed by atoms with Crippen LogP contribution in [0, 0.1) is 6.07 Å². The summed E-state index contributed by atoms with van der Waals surface area (Å²) in [5.41, 5.74) is 1.09. The van der Waals surface area contributed by atoms with E-state index in [4.69, 9.17) is 4.84 Å². The molecule has 0 unspecified atom stereocenters. The van der Waals surface area contributed by atoms with Crippen molar-refractivity contribution in [1.82, 2.24) is 4.73 Å². The van der Waals surface area contributed by atoms with Crippen LogP contribution in [-0.4, -0.2) is 11.3 Å². The minimum Gasteiger partial charge on any atom is -0.414 e. The average molecular weight is 160 g/mol. The Balaban J connectivity index is 2.55. The molecule has 0 fully saturated rings. The van der Waals surface area contributed by atoms with Crippen molar-refractivity contribution in [3.63, 3.8) is 0 Å². The van der Waals surface area contributed by atoms with Crippen LogP contribution in [0.25, 0.3) is 10.9 Å². The van der Waals surface area contributed by atoms with E-state index in [-0.39, 0.29) is 0 Å². The first kappa shape index (κ1) is 7.22. The van der Waals surface area contributed by atoms with E-state index in [0.717, 1.165) is 10.9 Å². The molecule has 1 aromatic carbocycles. The lowest BCUT2D eigenvalue weighted by Crippen LogP contribution is -2.08. The molecule has 0 bridgehead atoms. The van der Waals surface area contributed by atoms with Crippen molar-refractivity contribution in [3.8, 4) is 0 Å². The van der Waals surface area contributed by atoms with Gasteiger partial charge in [-0.2, -0.15) is 4.73 Å². The van der Waals surface area contributed by atoms with Crippen LogP contribution in [0.2, 0.25) is 0 Å². The fourth-order valence-corrected chi connectivity index (χ4v) is 1.25. The Morgan fingerprint density at radius 3 is 3.25 bits per heavy atom. The van der Waals surface area contributed by atoms with Crippen LogP contribution in [-0.2, 0) is 0 Å². The number of aromatic nitrogens is 1. The Morgan fingerprint density at radius 2 is 2.42 bits per heavy atom. The molecule has 2 heteroatoms. The van der Waals surface area contributed by atoms with Gasteiger partial charge >= 0.3 is 0 Å². The Hall–Kier alpha value is -1.44. The molecule has 0 aliphatic carbocycles. The maximum absolute atomic E-state index is 5.36. The third kappa shape index (κ3) is 1.05. The molecule has 0 atom stereocenters. The molecule has 0 saturated carbocycles. The van der Waals surface area contributed by atoms with Gasteiger partial charge in [0.05, 0.1) is 5.52 Å². The molecule has 12 heavy (non-hydrogen) atoms. The van der Waals surface area contributed by atoms with E-state index < -0.39 is 0 Å². The molecule has 0 amide bonds. The summed E-state index contributed by atoms with van der Waals surface area (Å²) in [5, 5.41) is 1.16. The van der Waals surface area contributed by atoms with Crippen molar-refractivity contribution in [2.24, 2.45) is 0 Å². The number of hydrogen-bond donors (Lipinski definition) is 0. The predicted molar refractivity (Wildman–Crippen MR) is 47.9 cm³/mol. The molecular weight excluding hydrogens is 150 g/mol. The van der Waals surface area contributed by atoms with E-state index in [9.17, 15) is 0 Å². The number of fused-ring (bicyclic) bond motifs is 1. The van der Waals surface area contributed by atoms with Crippen molar-refractivity contribution >= 4 is 10.9 Å². The van der Waals surface area contributed by atoms with Gasteiger partial charge in [0, 0.05) is 11.6 Å². The molecular formula is C10H10NO. The Morgan fingerprint density at radius 1 is 1.50 bits per heavy atom. The van der Waals surface area contributed by atoms with Crippen molar-refractivity contribution in [3.05, 3.63) is 36.5 Å². The normalized spacial score (nSPS) is 10.4. The summed E-state index contributed by atoms with van der Waals surface area (Å²) in [4.78, 5) is 5.36. The van der Waals surface area contributed by atoms with Gasteiger partial charge in [0.15, 0.2) is 0 Å². The molecule has 2 nitrogen and oxygen atoms in total. The van der Waals surface area contributed by atoms with E-state index >= 15 is 0 Å². The topological polar surface area (TPSA) is 14.2 Å². The minimum atomic E-state index is 0.683. The van der Waals surface area contributed by atoms with Crippen LogP contribution >= 0.6 is 0 Å². The van der Waals surface area contributed by atoms with E-state index in [1.165, 1.54) is 0 Å². The van der Waals surface area contributed by atoms with Crippen molar-refractivity contribution in [2.75, 3.05) is 6.61 Å². The summed E-state index contributed by atoms with van der Waals surface area (Å²) in [6.07, 6.45) is 1.92. The molecule has 2 aromatic rings. The maximum atomic E-state index is 5.36. The fraction of sp³-hybridized carbons (Fsp3) is 0.200. The zero-order valence-electron chi connectivity index (χ0n) is 6.95. The van der Waals surface area contributed by atoms with Gasteiger partial charge in [-0.05, 0) is 31.2 Å². The lowest BCUT2D eigenvalue weighted by molar-refractivity contribution is 0.132. The zero-order chi connectivity index (χ0) is 8.39. The largest absolute Gasteiger partial charge is 0.414 e. The van der Waals surface area contributed by atoms with Gasteiger partial charge in [0.2, 0.25) is 0 Å². The highest BCUT2D eigenvalue weighted by Gasteiger charge is 1.97. The van der Waals surface area contributed by atoms with Crippen LogP contribution in [0.3, 0.4) is 0 Å². The second-order valence-electron chi connectivity index (χ2n) is 2.54. The zero-order valence-corrected chi connectivity index (χ0v) is 6.95. The second kappa shape index (κ2) is 2.89. The summed E-state index contributed by atoms with van der Waals surface area (Å²) in [6, 6.07) is 10.9. The monoisotopic (exact) mass is 160 g/mol. The molecule has 0 aliphatic rings. The standard InChI is InChI=1S/C10H10NO/c1-2-12-11-8-7-9-5-3-4-6-10(9)11/h4-8H,2H2,1H3.